The number of H-pyrrole nitrogens is 3. The summed E-state index contributed by atoms with van der Waals surface area (Å²) in [5.74, 6) is 0. The Morgan fingerprint density at radius 2 is 1.03 bits per heavy atom. The number of hydrogen-bond acceptors (Lipinski definition) is 3. The Morgan fingerprint density at radius 3 is 1.23 bits per heavy atom. The zero-order chi connectivity index (χ0) is 21.0. The van der Waals surface area contributed by atoms with Gasteiger partial charge in [-0.15, -0.1) is 0 Å². The Labute approximate surface area is 197 Å². The molecule has 152 valence electrons. The third kappa shape index (κ3) is 7.89. The smallest absolute Gasteiger partial charge is 0.291 e. The first-order valence-electron chi connectivity index (χ1n) is 9.57. The van der Waals surface area contributed by atoms with Crippen LogP contribution in [0.25, 0.3) is 0 Å². The van der Waals surface area contributed by atoms with E-state index in [1.807, 2.05) is 54.6 Å². The molecule has 3 N–H and O–H groups in total. The summed E-state index contributed by atoms with van der Waals surface area (Å²) in [7, 11) is 0. The molecule has 0 aliphatic carbocycles. The molecule has 3 aromatic heterocycles. The number of nitrogens with one attached hydrogen (secondary N) is 3. The summed E-state index contributed by atoms with van der Waals surface area (Å²) in [5, 5.41) is 20.8. The second-order valence-corrected chi connectivity index (χ2v) is 6.63. The van der Waals surface area contributed by atoms with Crippen LogP contribution >= 0.6 is 0 Å². The van der Waals surface area contributed by atoms with Crippen molar-refractivity contribution in [1.29, 1.82) is 0 Å². The van der Waals surface area contributed by atoms with E-state index in [0.29, 0.717) is 0 Å². The van der Waals surface area contributed by atoms with E-state index < -0.39 is 0 Å². The molecule has 0 spiro atoms. The SMILES string of the molecule is Cc1c[c-]ccc1.Cc1c[c-]ccc1.[Ti+2].c1cc(B(c2ccn[nH]2)c2ccn[nH]2)[nH]n1. The largest absolute Gasteiger partial charge is 2.00 e. The monoisotopic (exact) mass is 442 g/mol. The Hall–Kier alpha value is -3.15. The molecule has 0 aliphatic heterocycles. The van der Waals surface area contributed by atoms with E-state index in [1.165, 1.54) is 11.1 Å². The minimum absolute atomic E-state index is 0. The molecule has 31 heavy (non-hydrogen) atoms. The third-order valence-corrected chi connectivity index (χ3v) is 4.22. The summed E-state index contributed by atoms with van der Waals surface area (Å²) in [4.78, 5) is 0. The Bertz CT molecular complexity index is 931. The standard InChI is InChI=1S/C9H9BN6.2C7H7.Ti/c1-4-11-14-7(1)10(8-2-5-12-15-8)9-3-6-13-16-9;2*1-7-5-3-2-4-6-7;/h1-6H,(H,11,14)(H,12,15)(H,13,16);2*2-3,5-6H,1H3;/q;2*-1;+2. The van der Waals surface area contributed by atoms with Gasteiger partial charge in [-0.2, -0.15) is 87.1 Å². The van der Waals surface area contributed by atoms with Crippen LogP contribution in [0.2, 0.25) is 0 Å². The Morgan fingerprint density at radius 1 is 0.645 bits per heavy atom. The molecule has 3 heterocycles. The minimum Gasteiger partial charge on any atom is -0.291 e. The minimum atomic E-state index is 0. The van der Waals surface area contributed by atoms with Crippen LogP contribution in [0.5, 0.6) is 0 Å². The van der Waals surface area contributed by atoms with Crippen molar-refractivity contribution in [3.05, 3.63) is 109 Å². The summed E-state index contributed by atoms with van der Waals surface area (Å²) < 4.78 is 0. The first-order valence-corrected chi connectivity index (χ1v) is 9.57. The van der Waals surface area contributed by atoms with Gasteiger partial charge in [0.15, 0.2) is 0 Å². The van der Waals surface area contributed by atoms with E-state index in [9.17, 15) is 0 Å². The average molecular weight is 442 g/mol. The van der Waals surface area contributed by atoms with Gasteiger partial charge in [-0.25, -0.2) is 0 Å². The molecule has 5 aromatic rings. The van der Waals surface area contributed by atoms with Crippen LogP contribution in [0.1, 0.15) is 11.1 Å². The molecule has 0 amide bonds. The van der Waals surface area contributed by atoms with Gasteiger partial charge in [0.05, 0.1) is 0 Å². The van der Waals surface area contributed by atoms with Gasteiger partial charge in [-0.05, 0) is 18.2 Å². The van der Waals surface area contributed by atoms with Crippen molar-refractivity contribution >= 4 is 23.5 Å². The van der Waals surface area contributed by atoms with Crippen LogP contribution < -0.4 is 16.8 Å². The van der Waals surface area contributed by atoms with E-state index in [4.69, 9.17) is 0 Å². The van der Waals surface area contributed by atoms with Crippen LogP contribution in [0, 0.1) is 26.0 Å². The normalized spacial score (nSPS) is 9.35. The number of aromatic amines is 3. The fraction of sp³-hybridized carbons (Fsp3) is 0.0870. The van der Waals surface area contributed by atoms with Gasteiger partial charge < -0.3 is 0 Å². The van der Waals surface area contributed by atoms with Crippen molar-refractivity contribution in [2.45, 2.75) is 13.8 Å². The molecule has 0 bridgehead atoms. The topological polar surface area (TPSA) is 86.0 Å². The molecule has 0 unspecified atom stereocenters. The zero-order valence-electron chi connectivity index (χ0n) is 17.5. The second kappa shape index (κ2) is 13.2. The number of hydrogen-bond donors (Lipinski definition) is 3. The van der Waals surface area contributed by atoms with Crippen LogP contribution in [0.3, 0.4) is 0 Å². The number of aryl methyl sites for hydroxylation is 2. The van der Waals surface area contributed by atoms with Gasteiger partial charge in [0, 0.05) is 35.4 Å². The molecule has 2 aromatic carbocycles. The van der Waals surface area contributed by atoms with Crippen molar-refractivity contribution < 1.29 is 21.7 Å². The first kappa shape index (κ1) is 24.1. The quantitative estimate of drug-likeness (QED) is 0.295. The summed E-state index contributed by atoms with van der Waals surface area (Å²) in [6.07, 6.45) is 5.19. The van der Waals surface area contributed by atoms with Crippen molar-refractivity contribution in [3.63, 3.8) is 0 Å². The second-order valence-electron chi connectivity index (χ2n) is 6.63. The maximum Gasteiger partial charge on any atom is 2.00 e. The first-order chi connectivity index (χ1) is 14.7. The molecule has 0 radical (unpaired) electrons. The molecule has 0 atom stereocenters. The molecule has 8 heteroatoms. The molecule has 0 fully saturated rings. The molecular weight excluding hydrogens is 419 g/mol. The summed E-state index contributed by atoms with van der Waals surface area (Å²) in [5.41, 5.74) is 5.51. The summed E-state index contributed by atoms with van der Waals surface area (Å²) in [6, 6.07) is 27.5. The molecular formula is C23H23BN6Ti. The van der Waals surface area contributed by atoms with Crippen LogP contribution in [-0.4, -0.2) is 37.3 Å². The van der Waals surface area contributed by atoms with E-state index in [1.54, 1.807) is 18.6 Å². The number of rotatable bonds is 3. The van der Waals surface area contributed by atoms with Gasteiger partial charge >= 0.3 is 28.4 Å². The molecule has 0 aliphatic rings. The number of nitrogens with zero attached hydrogens (tertiary/aromatic N) is 3. The molecule has 0 saturated heterocycles. The average Bonchev–Trinajstić information content (AvgIpc) is 3.56. The Kier molecular flexibility index (Phi) is 10.3. The van der Waals surface area contributed by atoms with Crippen molar-refractivity contribution in [2.24, 2.45) is 0 Å². The molecule has 6 nitrogen and oxygen atoms in total. The van der Waals surface area contributed by atoms with Gasteiger partial charge in [0.25, 0.3) is 0 Å². The summed E-state index contributed by atoms with van der Waals surface area (Å²) in [6.45, 7) is 4.14. The fourth-order valence-corrected chi connectivity index (χ4v) is 2.75. The fourth-order valence-electron chi connectivity index (χ4n) is 2.75. The summed E-state index contributed by atoms with van der Waals surface area (Å²) >= 11 is 0. The van der Waals surface area contributed by atoms with Crippen LogP contribution in [0.4, 0.5) is 0 Å². The van der Waals surface area contributed by atoms with Crippen molar-refractivity contribution in [3.8, 4) is 0 Å². The number of benzene rings is 2. The third-order valence-electron chi connectivity index (χ3n) is 4.22. The molecule has 0 saturated carbocycles. The van der Waals surface area contributed by atoms with Crippen LogP contribution in [0.15, 0.2) is 85.3 Å². The van der Waals surface area contributed by atoms with Crippen molar-refractivity contribution in [2.75, 3.05) is 0 Å². The van der Waals surface area contributed by atoms with E-state index >= 15 is 0 Å². The van der Waals surface area contributed by atoms with E-state index in [-0.39, 0.29) is 28.4 Å². The van der Waals surface area contributed by atoms with Gasteiger partial charge in [-0.3, -0.25) is 15.3 Å². The van der Waals surface area contributed by atoms with Gasteiger partial charge in [0.1, 0.15) is 0 Å². The predicted octanol–water partition coefficient (Wildman–Crippen LogP) is 1.96. The van der Waals surface area contributed by atoms with Gasteiger partial charge in [-0.1, -0.05) is 13.8 Å². The molecule has 5 rings (SSSR count). The van der Waals surface area contributed by atoms with E-state index in [0.717, 1.165) is 16.8 Å². The maximum absolute atomic E-state index is 3.97. The number of aromatic nitrogens is 6. The van der Waals surface area contributed by atoms with Crippen molar-refractivity contribution in [1.82, 2.24) is 30.6 Å². The predicted molar refractivity (Wildman–Crippen MR) is 120 cm³/mol. The maximum atomic E-state index is 3.97. The zero-order valence-corrected chi connectivity index (χ0v) is 19.1. The van der Waals surface area contributed by atoms with Gasteiger partial charge in [0.2, 0.25) is 0 Å². The Balaban J connectivity index is 0.000000190. The van der Waals surface area contributed by atoms with E-state index in [2.05, 4.69) is 68.7 Å². The van der Waals surface area contributed by atoms with Crippen LogP contribution in [-0.2, 0) is 21.7 Å².